The molecule has 0 aromatic carbocycles. The molecular formula is C11H17BrClN3. The Morgan fingerprint density at radius 2 is 2.44 bits per heavy atom. The van der Waals surface area contributed by atoms with Crippen LogP contribution in [-0.2, 0) is 6.54 Å². The van der Waals surface area contributed by atoms with Gasteiger partial charge in [-0.15, -0.1) is 12.4 Å². The van der Waals surface area contributed by atoms with Crippen LogP contribution in [0.1, 0.15) is 18.4 Å². The molecule has 1 aromatic rings. The molecule has 3 nitrogen and oxygen atoms in total. The van der Waals surface area contributed by atoms with Crippen LogP contribution < -0.4 is 10.6 Å². The molecule has 2 rings (SSSR count). The molecule has 0 amide bonds. The fraction of sp³-hybridized carbons (Fsp3) is 0.545. The Labute approximate surface area is 111 Å². The summed E-state index contributed by atoms with van der Waals surface area (Å²) in [6.07, 6.45) is 4.39. The van der Waals surface area contributed by atoms with E-state index in [0.717, 1.165) is 17.7 Å². The van der Waals surface area contributed by atoms with E-state index in [1.54, 1.807) is 0 Å². The first-order valence-electron chi connectivity index (χ1n) is 5.39. The standard InChI is InChI=1S/C11H16BrN3.ClH/c12-11-6-9(3-5-14-11)7-15-10-2-1-4-13-8-10;/h3,5-6,10,13,15H,1-2,4,7-8H2;1H. The summed E-state index contributed by atoms with van der Waals surface area (Å²) in [7, 11) is 0. The van der Waals surface area contributed by atoms with Gasteiger partial charge in [-0.1, -0.05) is 0 Å². The molecule has 1 unspecified atom stereocenters. The second-order valence-electron chi connectivity index (χ2n) is 3.91. The van der Waals surface area contributed by atoms with Crippen molar-refractivity contribution in [1.82, 2.24) is 15.6 Å². The number of hydrogen-bond acceptors (Lipinski definition) is 3. The fourth-order valence-electron chi connectivity index (χ4n) is 1.84. The van der Waals surface area contributed by atoms with Crippen LogP contribution >= 0.6 is 28.3 Å². The van der Waals surface area contributed by atoms with Gasteiger partial charge in [0.1, 0.15) is 4.60 Å². The van der Waals surface area contributed by atoms with Gasteiger partial charge in [-0.3, -0.25) is 0 Å². The molecule has 1 saturated heterocycles. The van der Waals surface area contributed by atoms with Gasteiger partial charge in [-0.25, -0.2) is 4.98 Å². The summed E-state index contributed by atoms with van der Waals surface area (Å²) in [4.78, 5) is 4.11. The molecule has 1 aromatic heterocycles. The minimum absolute atomic E-state index is 0. The van der Waals surface area contributed by atoms with Gasteiger partial charge in [0.25, 0.3) is 0 Å². The highest BCUT2D eigenvalue weighted by molar-refractivity contribution is 9.10. The molecule has 2 N–H and O–H groups in total. The average molecular weight is 307 g/mol. The van der Waals surface area contributed by atoms with E-state index >= 15 is 0 Å². The normalized spacial score (nSPS) is 20.2. The Hall–Kier alpha value is -0.160. The lowest BCUT2D eigenvalue weighted by Crippen LogP contribution is -2.42. The second-order valence-corrected chi connectivity index (χ2v) is 4.72. The van der Waals surface area contributed by atoms with Gasteiger partial charge in [0, 0.05) is 25.3 Å². The quantitative estimate of drug-likeness (QED) is 0.840. The van der Waals surface area contributed by atoms with Gasteiger partial charge in [-0.05, 0) is 53.0 Å². The van der Waals surface area contributed by atoms with Gasteiger partial charge >= 0.3 is 0 Å². The monoisotopic (exact) mass is 305 g/mol. The van der Waals surface area contributed by atoms with Crippen LogP contribution in [0.15, 0.2) is 22.9 Å². The predicted octanol–water partition coefficient (Wildman–Crippen LogP) is 2.11. The first-order valence-corrected chi connectivity index (χ1v) is 6.18. The summed E-state index contributed by atoms with van der Waals surface area (Å²) in [6.45, 7) is 3.18. The SMILES string of the molecule is Brc1cc(CNC2CCCNC2)ccn1.Cl. The van der Waals surface area contributed by atoms with Crippen molar-refractivity contribution in [2.75, 3.05) is 13.1 Å². The number of piperidine rings is 1. The third kappa shape index (κ3) is 4.37. The van der Waals surface area contributed by atoms with Gasteiger partial charge in [0.2, 0.25) is 0 Å². The van der Waals surface area contributed by atoms with Crippen LogP contribution in [0.3, 0.4) is 0 Å². The molecular weight excluding hydrogens is 289 g/mol. The van der Waals surface area contributed by atoms with Crippen LogP contribution in [0, 0.1) is 0 Å². The molecule has 0 saturated carbocycles. The van der Waals surface area contributed by atoms with Gasteiger partial charge < -0.3 is 10.6 Å². The largest absolute Gasteiger partial charge is 0.315 e. The number of rotatable bonds is 3. The maximum Gasteiger partial charge on any atom is 0.106 e. The van der Waals surface area contributed by atoms with Crippen molar-refractivity contribution in [2.45, 2.75) is 25.4 Å². The Bertz CT molecular complexity index is 316. The Morgan fingerprint density at radius 1 is 1.56 bits per heavy atom. The van der Waals surface area contributed by atoms with Crippen molar-refractivity contribution >= 4 is 28.3 Å². The molecule has 0 radical (unpaired) electrons. The fourth-order valence-corrected chi connectivity index (χ4v) is 2.25. The van der Waals surface area contributed by atoms with Crippen molar-refractivity contribution in [3.63, 3.8) is 0 Å². The van der Waals surface area contributed by atoms with Crippen LogP contribution in [0.5, 0.6) is 0 Å². The molecule has 90 valence electrons. The molecule has 1 atom stereocenters. The Balaban J connectivity index is 0.00000128. The molecule has 2 heterocycles. The molecule has 0 spiro atoms. The minimum atomic E-state index is 0. The van der Waals surface area contributed by atoms with E-state index in [2.05, 4.69) is 37.6 Å². The lowest BCUT2D eigenvalue weighted by molar-refractivity contribution is 0.389. The highest BCUT2D eigenvalue weighted by atomic mass is 79.9. The van der Waals surface area contributed by atoms with Crippen LogP contribution in [0.2, 0.25) is 0 Å². The van der Waals surface area contributed by atoms with Crippen LogP contribution in [0.4, 0.5) is 0 Å². The summed E-state index contributed by atoms with van der Waals surface area (Å²) in [5.41, 5.74) is 1.28. The van der Waals surface area contributed by atoms with Crippen molar-refractivity contribution in [3.05, 3.63) is 28.5 Å². The third-order valence-electron chi connectivity index (χ3n) is 2.68. The molecule has 0 aliphatic carbocycles. The summed E-state index contributed by atoms with van der Waals surface area (Å²) in [5.74, 6) is 0. The zero-order chi connectivity index (χ0) is 10.5. The van der Waals surface area contributed by atoms with Crippen molar-refractivity contribution in [1.29, 1.82) is 0 Å². The second kappa shape index (κ2) is 7.22. The lowest BCUT2D eigenvalue weighted by Gasteiger charge is -2.23. The van der Waals surface area contributed by atoms with Gasteiger partial charge in [-0.2, -0.15) is 0 Å². The first kappa shape index (κ1) is 13.9. The number of hydrogen-bond donors (Lipinski definition) is 2. The van der Waals surface area contributed by atoms with Crippen LogP contribution in [0.25, 0.3) is 0 Å². The Morgan fingerprint density at radius 3 is 3.12 bits per heavy atom. The van der Waals surface area contributed by atoms with Crippen molar-refractivity contribution in [2.24, 2.45) is 0 Å². The zero-order valence-electron chi connectivity index (χ0n) is 9.08. The molecule has 5 heteroatoms. The van der Waals surface area contributed by atoms with Crippen LogP contribution in [-0.4, -0.2) is 24.1 Å². The van der Waals surface area contributed by atoms with Gasteiger partial charge in [0.15, 0.2) is 0 Å². The topological polar surface area (TPSA) is 37.0 Å². The van der Waals surface area contributed by atoms with E-state index in [1.165, 1.54) is 24.9 Å². The molecule has 1 fully saturated rings. The van der Waals surface area contributed by atoms with E-state index in [1.807, 2.05) is 12.3 Å². The average Bonchev–Trinajstić information content (AvgIpc) is 2.28. The molecule has 16 heavy (non-hydrogen) atoms. The maximum atomic E-state index is 4.11. The minimum Gasteiger partial charge on any atom is -0.315 e. The smallest absolute Gasteiger partial charge is 0.106 e. The Kier molecular flexibility index (Phi) is 6.28. The highest BCUT2D eigenvalue weighted by Crippen LogP contribution is 2.09. The number of nitrogens with zero attached hydrogens (tertiary/aromatic N) is 1. The predicted molar refractivity (Wildman–Crippen MR) is 71.9 cm³/mol. The number of aromatic nitrogens is 1. The molecule has 1 aliphatic heterocycles. The van der Waals surface area contributed by atoms with E-state index < -0.39 is 0 Å². The third-order valence-corrected chi connectivity index (χ3v) is 3.12. The maximum absolute atomic E-state index is 4.11. The number of pyridine rings is 1. The molecule has 1 aliphatic rings. The van der Waals surface area contributed by atoms with E-state index in [4.69, 9.17) is 0 Å². The molecule has 0 bridgehead atoms. The zero-order valence-corrected chi connectivity index (χ0v) is 11.5. The van der Waals surface area contributed by atoms with Gasteiger partial charge in [0.05, 0.1) is 0 Å². The van der Waals surface area contributed by atoms with E-state index in [-0.39, 0.29) is 12.4 Å². The number of halogens is 2. The van der Waals surface area contributed by atoms with Crippen molar-refractivity contribution < 1.29 is 0 Å². The lowest BCUT2D eigenvalue weighted by atomic mass is 10.1. The summed E-state index contributed by atoms with van der Waals surface area (Å²) < 4.78 is 0.906. The van der Waals surface area contributed by atoms with Crippen molar-refractivity contribution in [3.8, 4) is 0 Å². The first-order chi connectivity index (χ1) is 7.34. The van der Waals surface area contributed by atoms with E-state index in [0.29, 0.717) is 6.04 Å². The summed E-state index contributed by atoms with van der Waals surface area (Å²) >= 11 is 3.38. The highest BCUT2D eigenvalue weighted by Gasteiger charge is 2.11. The van der Waals surface area contributed by atoms with E-state index in [9.17, 15) is 0 Å². The number of nitrogens with one attached hydrogen (secondary N) is 2. The summed E-state index contributed by atoms with van der Waals surface area (Å²) in [5, 5.41) is 6.95. The summed E-state index contributed by atoms with van der Waals surface area (Å²) in [6, 6.07) is 4.72.